The van der Waals surface area contributed by atoms with Crippen molar-refractivity contribution >= 4 is 17.5 Å². The van der Waals surface area contributed by atoms with Gasteiger partial charge in [0.1, 0.15) is 5.15 Å². The number of halogens is 1. The smallest absolute Gasteiger partial charge is 0.254 e. The molecule has 0 aliphatic heterocycles. The maximum absolute atomic E-state index is 11.7. The molecule has 0 spiro atoms. The summed E-state index contributed by atoms with van der Waals surface area (Å²) in [5, 5.41) is 2.96. The molecule has 5 heteroatoms. The summed E-state index contributed by atoms with van der Waals surface area (Å²) >= 11 is 5.81. The Labute approximate surface area is 113 Å². The topological polar surface area (TPSA) is 51.2 Å². The molecule has 0 aliphatic carbocycles. The van der Waals surface area contributed by atoms with Gasteiger partial charge in [-0.15, -0.1) is 0 Å². The molecule has 1 amide bonds. The molecule has 0 saturated carbocycles. The predicted molar refractivity (Wildman–Crippen MR) is 71.9 cm³/mol. The van der Waals surface area contributed by atoms with E-state index in [2.05, 4.69) is 24.1 Å². The molecule has 0 radical (unpaired) electrons. The Hall–Kier alpha value is -1.13. The number of carbonyl (C=O) groups is 1. The Bertz CT molecular complexity index is 383. The number of amides is 1. The first-order valence-corrected chi connectivity index (χ1v) is 6.45. The number of ether oxygens (including phenoxy) is 1. The summed E-state index contributed by atoms with van der Waals surface area (Å²) < 4.78 is 5.40. The van der Waals surface area contributed by atoms with E-state index >= 15 is 0 Å². The third-order valence-corrected chi connectivity index (χ3v) is 2.68. The van der Waals surface area contributed by atoms with E-state index in [0.29, 0.717) is 24.6 Å². The zero-order chi connectivity index (χ0) is 13.4. The summed E-state index contributed by atoms with van der Waals surface area (Å²) in [7, 11) is 0. The number of carbonyl (C=O) groups excluding carboxylic acids is 1. The van der Waals surface area contributed by atoms with Crippen molar-refractivity contribution in [1.82, 2.24) is 10.3 Å². The van der Waals surface area contributed by atoms with Gasteiger partial charge in [-0.2, -0.15) is 0 Å². The van der Waals surface area contributed by atoms with Crippen LogP contribution in [-0.2, 0) is 4.74 Å². The highest BCUT2D eigenvalue weighted by molar-refractivity contribution is 6.32. The van der Waals surface area contributed by atoms with E-state index in [1.54, 1.807) is 18.3 Å². The van der Waals surface area contributed by atoms with E-state index in [1.807, 2.05) is 0 Å². The van der Waals surface area contributed by atoms with Crippen molar-refractivity contribution in [2.45, 2.75) is 20.3 Å². The minimum Gasteiger partial charge on any atom is -0.380 e. The van der Waals surface area contributed by atoms with Crippen molar-refractivity contribution in [3.8, 4) is 0 Å². The molecule has 100 valence electrons. The fourth-order valence-corrected chi connectivity index (χ4v) is 1.51. The molecule has 4 nitrogen and oxygen atoms in total. The van der Waals surface area contributed by atoms with Gasteiger partial charge in [0.25, 0.3) is 5.91 Å². The summed E-state index contributed by atoms with van der Waals surface area (Å²) in [6, 6.07) is 3.32. The molecule has 0 bridgehead atoms. The molecule has 1 rings (SSSR count). The van der Waals surface area contributed by atoms with E-state index in [-0.39, 0.29) is 11.1 Å². The van der Waals surface area contributed by atoms with Gasteiger partial charge in [0.2, 0.25) is 0 Å². The van der Waals surface area contributed by atoms with Gasteiger partial charge in [-0.3, -0.25) is 4.79 Å². The Morgan fingerprint density at radius 3 is 2.94 bits per heavy atom. The predicted octanol–water partition coefficient (Wildman–Crippen LogP) is 2.53. The van der Waals surface area contributed by atoms with Crippen LogP contribution in [0.15, 0.2) is 18.3 Å². The first-order chi connectivity index (χ1) is 8.61. The van der Waals surface area contributed by atoms with Gasteiger partial charge in [-0.05, 0) is 24.5 Å². The van der Waals surface area contributed by atoms with E-state index in [1.165, 1.54) is 0 Å². The van der Waals surface area contributed by atoms with Gasteiger partial charge in [0, 0.05) is 19.3 Å². The van der Waals surface area contributed by atoms with Crippen LogP contribution < -0.4 is 5.32 Å². The zero-order valence-electron chi connectivity index (χ0n) is 10.8. The van der Waals surface area contributed by atoms with E-state index < -0.39 is 0 Å². The van der Waals surface area contributed by atoms with Crippen LogP contribution in [0.1, 0.15) is 30.6 Å². The summed E-state index contributed by atoms with van der Waals surface area (Å²) in [6.07, 6.45) is 2.58. The average Bonchev–Trinajstić information content (AvgIpc) is 2.33. The highest BCUT2D eigenvalue weighted by Crippen LogP contribution is 2.10. The number of aromatic nitrogens is 1. The average molecular weight is 271 g/mol. The monoisotopic (exact) mass is 270 g/mol. The fraction of sp³-hybridized carbons (Fsp3) is 0.538. The molecule has 0 aliphatic rings. The second kappa shape index (κ2) is 8.06. The van der Waals surface area contributed by atoms with Gasteiger partial charge in [-0.25, -0.2) is 4.98 Å². The Kier molecular flexibility index (Phi) is 6.68. The number of hydrogen-bond donors (Lipinski definition) is 1. The number of nitrogens with one attached hydrogen (secondary N) is 1. The van der Waals surface area contributed by atoms with Gasteiger partial charge in [0.05, 0.1) is 12.2 Å². The van der Waals surface area contributed by atoms with Crippen LogP contribution in [0.4, 0.5) is 0 Å². The zero-order valence-corrected chi connectivity index (χ0v) is 11.5. The number of hydrogen-bond acceptors (Lipinski definition) is 3. The van der Waals surface area contributed by atoms with Gasteiger partial charge < -0.3 is 10.1 Å². The number of rotatable bonds is 7. The molecule has 18 heavy (non-hydrogen) atoms. The molecule has 0 atom stereocenters. The molecule has 1 N–H and O–H groups in total. The number of nitrogens with zero attached hydrogens (tertiary/aromatic N) is 1. The molecule has 0 unspecified atom stereocenters. The van der Waals surface area contributed by atoms with Crippen molar-refractivity contribution in [2.75, 3.05) is 19.8 Å². The van der Waals surface area contributed by atoms with Crippen molar-refractivity contribution < 1.29 is 9.53 Å². The Balaban J connectivity index is 2.20. The molecule has 1 heterocycles. The lowest BCUT2D eigenvalue weighted by Crippen LogP contribution is -2.27. The summed E-state index contributed by atoms with van der Waals surface area (Å²) in [5.74, 6) is 0.411. The van der Waals surface area contributed by atoms with E-state index in [9.17, 15) is 4.79 Å². The second-order valence-corrected chi connectivity index (χ2v) is 4.75. The van der Waals surface area contributed by atoms with E-state index in [4.69, 9.17) is 16.3 Å². The molecule has 0 fully saturated rings. The number of pyridine rings is 1. The summed E-state index contributed by atoms with van der Waals surface area (Å²) in [5.41, 5.74) is 0.390. The Morgan fingerprint density at radius 2 is 2.28 bits per heavy atom. The lowest BCUT2D eigenvalue weighted by Gasteiger charge is -2.08. The third kappa shape index (κ3) is 5.47. The first kappa shape index (κ1) is 14.9. The van der Waals surface area contributed by atoms with Crippen LogP contribution >= 0.6 is 11.6 Å². The van der Waals surface area contributed by atoms with E-state index in [0.717, 1.165) is 13.0 Å². The highest BCUT2D eigenvalue weighted by atomic mass is 35.5. The van der Waals surface area contributed by atoms with Crippen molar-refractivity contribution in [1.29, 1.82) is 0 Å². The van der Waals surface area contributed by atoms with Crippen LogP contribution in [0.3, 0.4) is 0 Å². The minimum absolute atomic E-state index is 0.218. The van der Waals surface area contributed by atoms with Crippen LogP contribution in [0.25, 0.3) is 0 Å². The molecular weight excluding hydrogens is 252 g/mol. The maximum Gasteiger partial charge on any atom is 0.254 e. The summed E-state index contributed by atoms with van der Waals surface area (Å²) in [4.78, 5) is 15.6. The lowest BCUT2D eigenvalue weighted by molar-refractivity contribution is 0.0905. The largest absolute Gasteiger partial charge is 0.380 e. The maximum atomic E-state index is 11.7. The van der Waals surface area contributed by atoms with Crippen molar-refractivity contribution in [2.24, 2.45) is 5.92 Å². The van der Waals surface area contributed by atoms with Crippen molar-refractivity contribution in [3.63, 3.8) is 0 Å². The second-order valence-electron chi connectivity index (χ2n) is 4.39. The van der Waals surface area contributed by atoms with Gasteiger partial charge >= 0.3 is 0 Å². The van der Waals surface area contributed by atoms with Gasteiger partial charge in [0.15, 0.2) is 0 Å². The Morgan fingerprint density at radius 1 is 1.50 bits per heavy atom. The molecule has 0 saturated heterocycles. The van der Waals surface area contributed by atoms with Crippen LogP contribution in [0.2, 0.25) is 5.15 Å². The van der Waals surface area contributed by atoms with Gasteiger partial charge in [-0.1, -0.05) is 25.4 Å². The molecule has 0 aromatic carbocycles. The third-order valence-electron chi connectivity index (χ3n) is 2.38. The quantitative estimate of drug-likeness (QED) is 0.612. The molecule has 1 aromatic heterocycles. The van der Waals surface area contributed by atoms with Crippen LogP contribution in [0.5, 0.6) is 0 Å². The normalized spacial score (nSPS) is 10.7. The van der Waals surface area contributed by atoms with Crippen LogP contribution in [0, 0.1) is 5.92 Å². The van der Waals surface area contributed by atoms with Crippen LogP contribution in [-0.4, -0.2) is 30.6 Å². The fourth-order valence-electron chi connectivity index (χ4n) is 1.31. The van der Waals surface area contributed by atoms with Crippen molar-refractivity contribution in [3.05, 3.63) is 29.0 Å². The minimum atomic E-state index is -0.222. The molecular formula is C13H19ClN2O2. The SMILES string of the molecule is CC(C)CCOCCNC(=O)c1cccnc1Cl. The first-order valence-electron chi connectivity index (χ1n) is 6.07. The molecule has 1 aromatic rings. The highest BCUT2D eigenvalue weighted by Gasteiger charge is 2.09. The standard InChI is InChI=1S/C13H19ClN2O2/c1-10(2)5-8-18-9-7-16-13(17)11-4-3-6-15-12(11)14/h3-4,6,10H,5,7-9H2,1-2H3,(H,16,17). The lowest BCUT2D eigenvalue weighted by atomic mass is 10.1. The summed E-state index contributed by atoms with van der Waals surface area (Å²) in [6.45, 7) is 6.00.